The number of nitrogens with zero attached hydrogens (tertiary/aromatic N) is 4. The van der Waals surface area contributed by atoms with E-state index in [-0.39, 0.29) is 5.82 Å². The number of nitrogens with one attached hydrogen (secondary N) is 1. The maximum Gasteiger partial charge on any atom is 0.223 e. The number of anilines is 1. The number of hydrogen-bond donors (Lipinski definition) is 1. The Balaban J connectivity index is 1.57. The van der Waals surface area contributed by atoms with E-state index in [0.29, 0.717) is 24.1 Å². The first kappa shape index (κ1) is 13.9. The van der Waals surface area contributed by atoms with Crippen LogP contribution in [0.4, 0.5) is 10.3 Å². The number of aromatic nitrogens is 3. The molecule has 1 fully saturated rings. The van der Waals surface area contributed by atoms with Crippen molar-refractivity contribution in [3.05, 3.63) is 47.8 Å². The van der Waals surface area contributed by atoms with Gasteiger partial charge in [0, 0.05) is 49.3 Å². The zero-order valence-electron chi connectivity index (χ0n) is 12.0. The zero-order chi connectivity index (χ0) is 14.7. The average Bonchev–Trinajstić information content (AvgIpc) is 2.89. The Labute approximate surface area is 123 Å². The molecular formula is C15H18FN5. The summed E-state index contributed by atoms with van der Waals surface area (Å²) in [6.45, 7) is 4.35. The lowest BCUT2D eigenvalue weighted by Crippen LogP contribution is -2.27. The molecule has 5 nitrogen and oxygen atoms in total. The minimum atomic E-state index is -0.240. The van der Waals surface area contributed by atoms with Gasteiger partial charge in [0.1, 0.15) is 5.82 Å². The van der Waals surface area contributed by atoms with Crippen LogP contribution >= 0.6 is 0 Å². The van der Waals surface area contributed by atoms with Crippen LogP contribution in [0.2, 0.25) is 0 Å². The molecule has 0 radical (unpaired) electrons. The first-order valence-electron chi connectivity index (χ1n) is 7.07. The van der Waals surface area contributed by atoms with E-state index in [1.54, 1.807) is 18.5 Å². The Bertz CT molecular complexity index is 619. The monoisotopic (exact) mass is 287 g/mol. The van der Waals surface area contributed by atoms with Gasteiger partial charge in [0.2, 0.25) is 5.95 Å². The van der Waals surface area contributed by atoms with Crippen molar-refractivity contribution in [3.63, 3.8) is 0 Å². The molecule has 2 aromatic heterocycles. The van der Waals surface area contributed by atoms with E-state index in [4.69, 9.17) is 0 Å². The maximum absolute atomic E-state index is 13.6. The molecule has 2 aromatic rings. The van der Waals surface area contributed by atoms with Gasteiger partial charge in [-0.05, 0) is 25.5 Å². The number of pyridine rings is 1. The van der Waals surface area contributed by atoms with Gasteiger partial charge >= 0.3 is 0 Å². The van der Waals surface area contributed by atoms with Crippen molar-refractivity contribution in [1.82, 2.24) is 19.9 Å². The summed E-state index contributed by atoms with van der Waals surface area (Å²) in [7, 11) is 0. The third kappa shape index (κ3) is 3.52. The van der Waals surface area contributed by atoms with Gasteiger partial charge in [-0.15, -0.1) is 0 Å². The Morgan fingerprint density at radius 2 is 2.29 bits per heavy atom. The van der Waals surface area contributed by atoms with E-state index in [9.17, 15) is 4.39 Å². The largest absolute Gasteiger partial charge is 0.350 e. The van der Waals surface area contributed by atoms with Crippen molar-refractivity contribution in [2.75, 3.05) is 18.4 Å². The normalized spacial score (nSPS) is 18.9. The van der Waals surface area contributed by atoms with Gasteiger partial charge in [-0.1, -0.05) is 0 Å². The lowest BCUT2D eigenvalue weighted by molar-refractivity contribution is 0.322. The summed E-state index contributed by atoms with van der Waals surface area (Å²) in [5.74, 6) is 0.424. The van der Waals surface area contributed by atoms with Crippen LogP contribution in [0.15, 0.2) is 30.7 Å². The van der Waals surface area contributed by atoms with E-state index in [2.05, 4.69) is 25.2 Å². The second kappa shape index (κ2) is 6.13. The predicted molar refractivity (Wildman–Crippen MR) is 78.3 cm³/mol. The lowest BCUT2D eigenvalue weighted by atomic mass is 10.2. The summed E-state index contributed by atoms with van der Waals surface area (Å²) in [6, 6.07) is 3.91. The average molecular weight is 287 g/mol. The van der Waals surface area contributed by atoms with Crippen LogP contribution in [0.5, 0.6) is 0 Å². The standard InChI is InChI=1S/C15H18FN5/c1-11-2-6-18-15(19-11)20-13-4-7-21(10-13)9-12-3-5-17-8-14(12)16/h2-3,5-6,8,13H,4,7,9-10H2,1H3,(H,18,19,20). The van der Waals surface area contributed by atoms with E-state index in [1.807, 2.05) is 13.0 Å². The van der Waals surface area contributed by atoms with E-state index in [0.717, 1.165) is 25.2 Å². The van der Waals surface area contributed by atoms with E-state index >= 15 is 0 Å². The van der Waals surface area contributed by atoms with Crippen LogP contribution in [-0.4, -0.2) is 39.0 Å². The summed E-state index contributed by atoms with van der Waals surface area (Å²) in [4.78, 5) is 14.6. The minimum Gasteiger partial charge on any atom is -0.350 e. The van der Waals surface area contributed by atoms with Gasteiger partial charge in [-0.2, -0.15) is 0 Å². The van der Waals surface area contributed by atoms with E-state index < -0.39 is 0 Å². The van der Waals surface area contributed by atoms with Crippen molar-refractivity contribution >= 4 is 5.95 Å². The SMILES string of the molecule is Cc1ccnc(NC2CCN(Cc3ccncc3F)C2)n1. The highest BCUT2D eigenvalue weighted by molar-refractivity contribution is 5.27. The molecule has 110 valence electrons. The van der Waals surface area contributed by atoms with Crippen LogP contribution < -0.4 is 5.32 Å². The molecule has 21 heavy (non-hydrogen) atoms. The number of likely N-dealkylation sites (tertiary alicyclic amines) is 1. The maximum atomic E-state index is 13.6. The summed E-state index contributed by atoms with van der Waals surface area (Å²) in [5.41, 5.74) is 1.64. The molecule has 1 unspecified atom stereocenters. The van der Waals surface area contributed by atoms with Gasteiger partial charge in [-0.25, -0.2) is 14.4 Å². The molecule has 0 spiro atoms. The second-order valence-corrected chi connectivity index (χ2v) is 5.35. The Hall–Kier alpha value is -2.08. The van der Waals surface area contributed by atoms with Gasteiger partial charge in [-0.3, -0.25) is 9.88 Å². The number of rotatable bonds is 4. The Morgan fingerprint density at radius 1 is 1.38 bits per heavy atom. The third-order valence-electron chi connectivity index (χ3n) is 3.65. The first-order chi connectivity index (χ1) is 10.2. The fourth-order valence-corrected chi connectivity index (χ4v) is 2.57. The number of halogens is 1. The summed E-state index contributed by atoms with van der Waals surface area (Å²) >= 11 is 0. The van der Waals surface area contributed by atoms with Crippen LogP contribution in [0.25, 0.3) is 0 Å². The fraction of sp³-hybridized carbons (Fsp3) is 0.400. The van der Waals surface area contributed by atoms with Crippen LogP contribution in [-0.2, 0) is 6.54 Å². The molecule has 1 saturated heterocycles. The minimum absolute atomic E-state index is 0.240. The van der Waals surface area contributed by atoms with Gasteiger partial charge in [0.15, 0.2) is 0 Å². The molecule has 1 aliphatic heterocycles. The highest BCUT2D eigenvalue weighted by Crippen LogP contribution is 2.17. The third-order valence-corrected chi connectivity index (χ3v) is 3.65. The van der Waals surface area contributed by atoms with E-state index in [1.165, 1.54) is 6.20 Å². The van der Waals surface area contributed by atoms with Crippen molar-refractivity contribution in [2.24, 2.45) is 0 Å². The van der Waals surface area contributed by atoms with Gasteiger partial charge in [0.05, 0.1) is 6.20 Å². The molecular weight excluding hydrogens is 269 g/mol. The quantitative estimate of drug-likeness (QED) is 0.932. The van der Waals surface area contributed by atoms with Crippen LogP contribution in [0, 0.1) is 12.7 Å². The van der Waals surface area contributed by atoms with Crippen molar-refractivity contribution in [2.45, 2.75) is 25.9 Å². The molecule has 1 aliphatic rings. The van der Waals surface area contributed by atoms with Crippen LogP contribution in [0.3, 0.4) is 0 Å². The summed E-state index contributed by atoms with van der Waals surface area (Å²) < 4.78 is 13.6. The molecule has 6 heteroatoms. The second-order valence-electron chi connectivity index (χ2n) is 5.35. The topological polar surface area (TPSA) is 53.9 Å². The summed E-state index contributed by atoms with van der Waals surface area (Å²) in [5, 5.41) is 3.34. The molecule has 0 aliphatic carbocycles. The predicted octanol–water partition coefficient (Wildman–Crippen LogP) is 2.01. The Kier molecular flexibility index (Phi) is 4.06. The number of hydrogen-bond acceptors (Lipinski definition) is 5. The first-order valence-corrected chi connectivity index (χ1v) is 7.07. The molecule has 1 N–H and O–H groups in total. The van der Waals surface area contributed by atoms with Gasteiger partial charge in [0.25, 0.3) is 0 Å². The van der Waals surface area contributed by atoms with Crippen LogP contribution in [0.1, 0.15) is 17.7 Å². The molecule has 0 saturated carbocycles. The smallest absolute Gasteiger partial charge is 0.223 e. The lowest BCUT2D eigenvalue weighted by Gasteiger charge is -2.17. The Morgan fingerprint density at radius 3 is 3.10 bits per heavy atom. The molecule has 0 aromatic carbocycles. The highest BCUT2D eigenvalue weighted by Gasteiger charge is 2.23. The zero-order valence-corrected chi connectivity index (χ0v) is 12.0. The molecule has 1 atom stereocenters. The van der Waals surface area contributed by atoms with Gasteiger partial charge < -0.3 is 5.32 Å². The van der Waals surface area contributed by atoms with Crippen molar-refractivity contribution in [3.8, 4) is 0 Å². The summed E-state index contributed by atoms with van der Waals surface area (Å²) in [6.07, 6.45) is 5.65. The fourth-order valence-electron chi connectivity index (χ4n) is 2.57. The van der Waals surface area contributed by atoms with Crippen molar-refractivity contribution in [1.29, 1.82) is 0 Å². The molecule has 3 heterocycles. The molecule has 0 bridgehead atoms. The number of aryl methyl sites for hydroxylation is 1. The molecule has 3 rings (SSSR count). The van der Waals surface area contributed by atoms with Crippen molar-refractivity contribution < 1.29 is 4.39 Å². The molecule has 0 amide bonds. The highest BCUT2D eigenvalue weighted by atomic mass is 19.1.